The van der Waals surface area contributed by atoms with Crippen LogP contribution >= 0.6 is 0 Å². The van der Waals surface area contributed by atoms with Gasteiger partial charge in [0.25, 0.3) is 0 Å². The van der Waals surface area contributed by atoms with Gasteiger partial charge in [-0.25, -0.2) is 0 Å². The third-order valence-electron chi connectivity index (χ3n) is 5.39. The van der Waals surface area contributed by atoms with Crippen molar-refractivity contribution < 1.29 is 9.90 Å². The first kappa shape index (κ1) is 17.5. The number of carbonyl (C=O) groups is 1. The Morgan fingerprint density at radius 1 is 1.20 bits per heavy atom. The van der Waals surface area contributed by atoms with E-state index < -0.39 is 5.97 Å². The minimum absolute atomic E-state index is 0.127. The summed E-state index contributed by atoms with van der Waals surface area (Å²) in [4.78, 5) is 13.3. The quantitative estimate of drug-likeness (QED) is 0.808. The summed E-state index contributed by atoms with van der Waals surface area (Å²) in [5.41, 5.74) is 5.20. The molecular formula is C22H27NO2. The molecule has 25 heavy (non-hydrogen) atoms. The summed E-state index contributed by atoms with van der Waals surface area (Å²) in [7, 11) is 0. The maximum Gasteiger partial charge on any atom is 0.305 e. The fourth-order valence-electron chi connectivity index (χ4n) is 4.10. The SMILES string of the molecule is CCC(c1ccc(N2CCCC2CC(=O)O)cc1)c1ccccc1C. The molecule has 3 heteroatoms. The third-order valence-corrected chi connectivity index (χ3v) is 5.39. The molecule has 3 rings (SSSR count). The zero-order valence-electron chi connectivity index (χ0n) is 15.1. The number of anilines is 1. The Balaban J connectivity index is 1.82. The van der Waals surface area contributed by atoms with Crippen molar-refractivity contribution in [2.24, 2.45) is 0 Å². The molecule has 3 nitrogen and oxygen atoms in total. The summed E-state index contributed by atoms with van der Waals surface area (Å²) in [6, 6.07) is 17.5. The molecule has 132 valence electrons. The van der Waals surface area contributed by atoms with Crippen LogP contribution in [0.2, 0.25) is 0 Å². The Morgan fingerprint density at radius 3 is 2.56 bits per heavy atom. The molecule has 2 atom stereocenters. The van der Waals surface area contributed by atoms with Crippen LogP contribution in [0.1, 0.15) is 55.2 Å². The number of carboxylic acid groups (broad SMARTS) is 1. The summed E-state index contributed by atoms with van der Waals surface area (Å²) < 4.78 is 0. The van der Waals surface area contributed by atoms with Gasteiger partial charge in [0.1, 0.15) is 0 Å². The molecule has 0 spiro atoms. The smallest absolute Gasteiger partial charge is 0.305 e. The number of aryl methyl sites for hydroxylation is 1. The van der Waals surface area contributed by atoms with Gasteiger partial charge in [-0.3, -0.25) is 4.79 Å². The summed E-state index contributed by atoms with van der Waals surface area (Å²) in [6.07, 6.45) is 3.33. The Hall–Kier alpha value is -2.29. The largest absolute Gasteiger partial charge is 0.481 e. The van der Waals surface area contributed by atoms with E-state index in [2.05, 4.69) is 67.3 Å². The first-order chi connectivity index (χ1) is 12.1. The van der Waals surface area contributed by atoms with Crippen molar-refractivity contribution in [1.82, 2.24) is 0 Å². The first-order valence-electron chi connectivity index (χ1n) is 9.24. The second-order valence-electron chi connectivity index (χ2n) is 7.00. The van der Waals surface area contributed by atoms with E-state index in [1.54, 1.807) is 0 Å². The van der Waals surface area contributed by atoms with Crippen LogP contribution < -0.4 is 4.90 Å². The lowest BCUT2D eigenvalue weighted by atomic mass is 9.86. The average Bonchev–Trinajstić information content (AvgIpc) is 3.05. The zero-order valence-corrected chi connectivity index (χ0v) is 15.1. The predicted molar refractivity (Wildman–Crippen MR) is 102 cm³/mol. The maximum absolute atomic E-state index is 11.1. The molecule has 1 aliphatic rings. The molecule has 2 aromatic rings. The van der Waals surface area contributed by atoms with Gasteiger partial charge in [-0.05, 0) is 55.0 Å². The van der Waals surface area contributed by atoms with Crippen molar-refractivity contribution in [2.45, 2.75) is 51.5 Å². The predicted octanol–water partition coefficient (Wildman–Crippen LogP) is 4.98. The fourth-order valence-corrected chi connectivity index (χ4v) is 4.10. The normalized spacial score (nSPS) is 18.3. The van der Waals surface area contributed by atoms with Crippen LogP contribution in [-0.2, 0) is 4.79 Å². The van der Waals surface area contributed by atoms with Crippen LogP contribution in [0.15, 0.2) is 48.5 Å². The van der Waals surface area contributed by atoms with Crippen molar-refractivity contribution in [1.29, 1.82) is 0 Å². The van der Waals surface area contributed by atoms with E-state index in [0.717, 1.165) is 31.5 Å². The molecule has 2 unspecified atom stereocenters. The number of rotatable bonds is 6. The number of benzene rings is 2. The molecule has 0 amide bonds. The van der Waals surface area contributed by atoms with E-state index >= 15 is 0 Å². The third kappa shape index (κ3) is 3.87. The van der Waals surface area contributed by atoms with E-state index in [4.69, 9.17) is 5.11 Å². The van der Waals surface area contributed by atoms with Gasteiger partial charge in [-0.1, -0.05) is 43.3 Å². The number of nitrogens with zero attached hydrogens (tertiary/aromatic N) is 1. The lowest BCUT2D eigenvalue weighted by Gasteiger charge is -2.26. The lowest BCUT2D eigenvalue weighted by Crippen LogP contribution is -2.31. The molecular weight excluding hydrogens is 310 g/mol. The summed E-state index contributed by atoms with van der Waals surface area (Å²) in [5.74, 6) is -0.303. The molecule has 0 aromatic heterocycles. The molecule has 1 saturated heterocycles. The van der Waals surface area contributed by atoms with E-state index in [1.807, 2.05) is 0 Å². The van der Waals surface area contributed by atoms with Crippen molar-refractivity contribution in [3.63, 3.8) is 0 Å². The van der Waals surface area contributed by atoms with Crippen LogP contribution in [-0.4, -0.2) is 23.7 Å². The number of carboxylic acids is 1. The van der Waals surface area contributed by atoms with Crippen molar-refractivity contribution in [3.8, 4) is 0 Å². The molecule has 1 fully saturated rings. The second-order valence-corrected chi connectivity index (χ2v) is 7.00. The minimum Gasteiger partial charge on any atom is -0.481 e. The number of hydrogen-bond acceptors (Lipinski definition) is 2. The van der Waals surface area contributed by atoms with Crippen LogP contribution in [0.3, 0.4) is 0 Å². The highest BCUT2D eigenvalue weighted by Crippen LogP contribution is 2.33. The monoisotopic (exact) mass is 337 g/mol. The van der Waals surface area contributed by atoms with Gasteiger partial charge in [-0.2, -0.15) is 0 Å². The van der Waals surface area contributed by atoms with Crippen molar-refractivity contribution in [2.75, 3.05) is 11.4 Å². The van der Waals surface area contributed by atoms with Crippen molar-refractivity contribution in [3.05, 3.63) is 65.2 Å². The highest BCUT2D eigenvalue weighted by Gasteiger charge is 2.27. The van der Waals surface area contributed by atoms with Gasteiger partial charge in [0, 0.05) is 24.2 Å². The summed E-state index contributed by atoms with van der Waals surface area (Å²) in [6.45, 7) is 5.35. The Bertz CT molecular complexity index is 723. The Labute approximate surface area is 150 Å². The van der Waals surface area contributed by atoms with Crippen LogP contribution in [0.25, 0.3) is 0 Å². The van der Waals surface area contributed by atoms with Gasteiger partial charge in [0.2, 0.25) is 0 Å². The second kappa shape index (κ2) is 7.73. The highest BCUT2D eigenvalue weighted by atomic mass is 16.4. The maximum atomic E-state index is 11.1. The zero-order chi connectivity index (χ0) is 17.8. The van der Waals surface area contributed by atoms with Gasteiger partial charge in [0.15, 0.2) is 0 Å². The molecule has 1 heterocycles. The Kier molecular flexibility index (Phi) is 5.42. The molecule has 2 aromatic carbocycles. The summed E-state index contributed by atoms with van der Waals surface area (Å²) >= 11 is 0. The first-order valence-corrected chi connectivity index (χ1v) is 9.24. The van der Waals surface area contributed by atoms with Gasteiger partial charge >= 0.3 is 5.97 Å². The van der Waals surface area contributed by atoms with E-state index in [0.29, 0.717) is 5.92 Å². The fraction of sp³-hybridized carbons (Fsp3) is 0.409. The molecule has 0 aliphatic carbocycles. The molecule has 0 radical (unpaired) electrons. The van der Waals surface area contributed by atoms with E-state index in [9.17, 15) is 4.79 Å². The standard InChI is InChI=1S/C22H27NO2/c1-3-20(21-9-5-4-7-16(21)2)17-10-12-18(13-11-17)23-14-6-8-19(23)15-22(24)25/h4-5,7,9-13,19-20H,3,6,8,14-15H2,1-2H3,(H,24,25). The highest BCUT2D eigenvalue weighted by molar-refractivity contribution is 5.69. The minimum atomic E-state index is -0.709. The lowest BCUT2D eigenvalue weighted by molar-refractivity contribution is -0.137. The van der Waals surface area contributed by atoms with E-state index in [-0.39, 0.29) is 12.5 Å². The number of aliphatic carboxylic acids is 1. The molecule has 0 bridgehead atoms. The van der Waals surface area contributed by atoms with Crippen LogP contribution in [0.4, 0.5) is 5.69 Å². The van der Waals surface area contributed by atoms with Gasteiger partial charge in [0.05, 0.1) is 6.42 Å². The molecule has 1 N–H and O–H groups in total. The van der Waals surface area contributed by atoms with Gasteiger partial charge < -0.3 is 10.0 Å². The molecule has 0 saturated carbocycles. The Morgan fingerprint density at radius 2 is 1.92 bits per heavy atom. The summed E-state index contributed by atoms with van der Waals surface area (Å²) in [5, 5.41) is 9.11. The van der Waals surface area contributed by atoms with Crippen molar-refractivity contribution >= 4 is 11.7 Å². The topological polar surface area (TPSA) is 40.5 Å². The van der Waals surface area contributed by atoms with E-state index in [1.165, 1.54) is 16.7 Å². The average molecular weight is 337 g/mol. The van der Waals surface area contributed by atoms with Crippen LogP contribution in [0.5, 0.6) is 0 Å². The number of hydrogen-bond donors (Lipinski definition) is 1. The van der Waals surface area contributed by atoms with Crippen LogP contribution in [0, 0.1) is 6.92 Å². The van der Waals surface area contributed by atoms with Gasteiger partial charge in [-0.15, -0.1) is 0 Å². The molecule has 1 aliphatic heterocycles.